The van der Waals surface area contributed by atoms with Crippen molar-refractivity contribution >= 4 is 22.4 Å². The van der Waals surface area contributed by atoms with Crippen molar-refractivity contribution in [2.75, 3.05) is 5.88 Å². The van der Waals surface area contributed by atoms with E-state index in [-0.39, 0.29) is 5.56 Å². The maximum atomic E-state index is 11.7. The smallest absolute Gasteiger partial charge is 0.256 e. The fourth-order valence-corrected chi connectivity index (χ4v) is 1.79. The first-order chi connectivity index (χ1) is 7.31. The zero-order valence-corrected chi connectivity index (χ0v) is 9.05. The van der Waals surface area contributed by atoms with Crippen LogP contribution >= 0.6 is 11.6 Å². The molecule has 2 nitrogen and oxygen atoms in total. The number of alkyl halides is 1. The van der Waals surface area contributed by atoms with Crippen LogP contribution in [-0.4, -0.2) is 10.9 Å². The Balaban J connectivity index is 2.48. The predicted octanol–water partition coefficient (Wildman–Crippen LogP) is 2.70. The van der Waals surface area contributed by atoms with Gasteiger partial charge in [-0.1, -0.05) is 18.2 Å². The first-order valence-corrected chi connectivity index (χ1v) is 5.51. The molecule has 0 aliphatic carbocycles. The van der Waals surface area contributed by atoms with Gasteiger partial charge in [0.05, 0.1) is 0 Å². The first kappa shape index (κ1) is 10.2. The number of halogens is 1. The van der Waals surface area contributed by atoms with Crippen LogP contribution in [0.2, 0.25) is 0 Å². The van der Waals surface area contributed by atoms with E-state index in [4.69, 9.17) is 11.6 Å². The summed E-state index contributed by atoms with van der Waals surface area (Å²) in [5.41, 5.74) is 0.942. The van der Waals surface area contributed by atoms with Crippen LogP contribution in [0.25, 0.3) is 10.8 Å². The molecule has 0 bridgehead atoms. The molecular weight excluding hydrogens is 210 g/mol. The van der Waals surface area contributed by atoms with Crippen molar-refractivity contribution in [3.05, 3.63) is 46.4 Å². The van der Waals surface area contributed by atoms with Crippen LogP contribution in [0.1, 0.15) is 12.1 Å². The van der Waals surface area contributed by atoms with Crippen molar-refractivity contribution in [2.24, 2.45) is 0 Å². The van der Waals surface area contributed by atoms with E-state index in [9.17, 15) is 4.79 Å². The molecule has 0 fully saturated rings. The molecule has 2 rings (SSSR count). The molecule has 1 heterocycles. The van der Waals surface area contributed by atoms with Crippen LogP contribution in [0.15, 0.2) is 35.1 Å². The summed E-state index contributed by atoms with van der Waals surface area (Å²) >= 11 is 5.62. The number of aryl methyl sites for hydroxylation is 1. The molecular formula is C12H12ClNO. The van der Waals surface area contributed by atoms with E-state index >= 15 is 0 Å². The Labute approximate surface area is 92.9 Å². The van der Waals surface area contributed by atoms with Crippen LogP contribution in [0.4, 0.5) is 0 Å². The SMILES string of the molecule is O=c1[nH]c(CCCCl)cc2ccccc12. The highest BCUT2D eigenvalue weighted by Crippen LogP contribution is 2.10. The van der Waals surface area contributed by atoms with E-state index in [0.29, 0.717) is 5.88 Å². The third-order valence-corrected chi connectivity index (χ3v) is 2.66. The second-order valence-electron chi connectivity index (χ2n) is 3.50. The summed E-state index contributed by atoms with van der Waals surface area (Å²) in [5, 5.41) is 1.73. The topological polar surface area (TPSA) is 32.9 Å². The van der Waals surface area contributed by atoms with Crippen LogP contribution in [0, 0.1) is 0 Å². The molecule has 1 N–H and O–H groups in total. The van der Waals surface area contributed by atoms with Crippen LogP contribution in [0.3, 0.4) is 0 Å². The lowest BCUT2D eigenvalue weighted by Crippen LogP contribution is -2.09. The van der Waals surface area contributed by atoms with Gasteiger partial charge in [0.15, 0.2) is 0 Å². The lowest BCUT2D eigenvalue weighted by atomic mass is 10.1. The molecule has 0 saturated carbocycles. The van der Waals surface area contributed by atoms with Crippen molar-refractivity contribution in [3.8, 4) is 0 Å². The Kier molecular flexibility index (Phi) is 3.07. The maximum absolute atomic E-state index is 11.7. The maximum Gasteiger partial charge on any atom is 0.256 e. The van der Waals surface area contributed by atoms with Gasteiger partial charge in [0, 0.05) is 17.0 Å². The third-order valence-electron chi connectivity index (χ3n) is 2.39. The van der Waals surface area contributed by atoms with Gasteiger partial charge in [0.1, 0.15) is 0 Å². The van der Waals surface area contributed by atoms with Gasteiger partial charge < -0.3 is 4.98 Å². The van der Waals surface area contributed by atoms with E-state index in [1.54, 1.807) is 0 Å². The standard InChI is InChI=1S/C12H12ClNO/c13-7-3-5-10-8-9-4-1-2-6-11(9)12(15)14-10/h1-2,4,6,8H,3,5,7H2,(H,14,15). The number of hydrogen-bond acceptors (Lipinski definition) is 1. The number of H-pyrrole nitrogens is 1. The molecule has 3 heteroatoms. The van der Waals surface area contributed by atoms with Crippen molar-refractivity contribution in [3.63, 3.8) is 0 Å². The van der Waals surface area contributed by atoms with E-state index in [1.807, 2.05) is 30.3 Å². The van der Waals surface area contributed by atoms with Gasteiger partial charge in [-0.15, -0.1) is 11.6 Å². The summed E-state index contributed by atoms with van der Waals surface area (Å²) in [6.45, 7) is 0. The summed E-state index contributed by atoms with van der Waals surface area (Å²) in [6.07, 6.45) is 1.71. The van der Waals surface area contributed by atoms with Gasteiger partial charge in [-0.25, -0.2) is 0 Å². The van der Waals surface area contributed by atoms with Gasteiger partial charge in [-0.05, 0) is 30.4 Å². The number of fused-ring (bicyclic) bond motifs is 1. The normalized spacial score (nSPS) is 10.7. The van der Waals surface area contributed by atoms with Crippen molar-refractivity contribution < 1.29 is 0 Å². The fraction of sp³-hybridized carbons (Fsp3) is 0.250. The third kappa shape index (κ3) is 2.21. The van der Waals surface area contributed by atoms with Gasteiger partial charge in [-0.3, -0.25) is 4.79 Å². The minimum atomic E-state index is -0.0160. The molecule has 1 aromatic heterocycles. The highest BCUT2D eigenvalue weighted by molar-refractivity contribution is 6.17. The molecule has 0 unspecified atom stereocenters. The Morgan fingerprint density at radius 2 is 2.07 bits per heavy atom. The molecule has 0 atom stereocenters. The Bertz CT molecular complexity index is 518. The Morgan fingerprint density at radius 1 is 1.27 bits per heavy atom. The van der Waals surface area contributed by atoms with Gasteiger partial charge in [0.25, 0.3) is 5.56 Å². The summed E-state index contributed by atoms with van der Waals surface area (Å²) in [6, 6.07) is 9.61. The number of pyridine rings is 1. The number of aromatic amines is 1. The summed E-state index contributed by atoms with van der Waals surface area (Å²) < 4.78 is 0. The van der Waals surface area contributed by atoms with Crippen molar-refractivity contribution in [1.29, 1.82) is 0 Å². The van der Waals surface area contributed by atoms with Crippen molar-refractivity contribution in [1.82, 2.24) is 4.98 Å². The average Bonchev–Trinajstić information content (AvgIpc) is 2.26. The van der Waals surface area contributed by atoms with E-state index in [1.165, 1.54) is 0 Å². The molecule has 0 saturated heterocycles. The summed E-state index contributed by atoms with van der Waals surface area (Å²) in [5.74, 6) is 0.620. The number of nitrogens with one attached hydrogen (secondary N) is 1. The molecule has 2 aromatic rings. The molecule has 0 aliphatic heterocycles. The molecule has 0 amide bonds. The zero-order chi connectivity index (χ0) is 10.7. The molecule has 0 aliphatic rings. The van der Waals surface area contributed by atoms with Crippen LogP contribution in [-0.2, 0) is 6.42 Å². The van der Waals surface area contributed by atoms with Crippen LogP contribution < -0.4 is 5.56 Å². The number of aromatic nitrogens is 1. The molecule has 15 heavy (non-hydrogen) atoms. The second-order valence-corrected chi connectivity index (χ2v) is 3.88. The number of rotatable bonds is 3. The predicted molar refractivity (Wildman–Crippen MR) is 63.6 cm³/mol. The Morgan fingerprint density at radius 3 is 2.87 bits per heavy atom. The first-order valence-electron chi connectivity index (χ1n) is 4.98. The quantitative estimate of drug-likeness (QED) is 0.795. The molecule has 0 radical (unpaired) electrons. The van der Waals surface area contributed by atoms with Gasteiger partial charge >= 0.3 is 0 Å². The highest BCUT2D eigenvalue weighted by Gasteiger charge is 2.00. The zero-order valence-electron chi connectivity index (χ0n) is 8.29. The second kappa shape index (κ2) is 4.49. The summed E-state index contributed by atoms with van der Waals surface area (Å²) in [7, 11) is 0. The Hall–Kier alpha value is -1.28. The fourth-order valence-electron chi connectivity index (χ4n) is 1.66. The molecule has 78 valence electrons. The minimum Gasteiger partial charge on any atom is -0.326 e. The largest absolute Gasteiger partial charge is 0.326 e. The monoisotopic (exact) mass is 221 g/mol. The summed E-state index contributed by atoms with van der Waals surface area (Å²) in [4.78, 5) is 14.5. The average molecular weight is 222 g/mol. The van der Waals surface area contributed by atoms with Crippen molar-refractivity contribution in [2.45, 2.75) is 12.8 Å². The molecule has 1 aromatic carbocycles. The van der Waals surface area contributed by atoms with Gasteiger partial charge in [-0.2, -0.15) is 0 Å². The molecule has 0 spiro atoms. The van der Waals surface area contributed by atoms with E-state index in [2.05, 4.69) is 4.98 Å². The van der Waals surface area contributed by atoms with E-state index < -0.39 is 0 Å². The highest BCUT2D eigenvalue weighted by atomic mass is 35.5. The number of benzene rings is 1. The number of hydrogen-bond donors (Lipinski definition) is 1. The lowest BCUT2D eigenvalue weighted by molar-refractivity contribution is 0.885. The lowest BCUT2D eigenvalue weighted by Gasteiger charge is -2.02. The minimum absolute atomic E-state index is 0.0160. The van der Waals surface area contributed by atoms with Gasteiger partial charge in [0.2, 0.25) is 0 Å². The van der Waals surface area contributed by atoms with Crippen LogP contribution in [0.5, 0.6) is 0 Å². The van der Waals surface area contributed by atoms with E-state index in [0.717, 1.165) is 29.3 Å².